The maximum absolute atomic E-state index is 6.40. The Hall–Kier alpha value is -0.650. The lowest BCUT2D eigenvalue weighted by Crippen LogP contribution is -2.42. The van der Waals surface area contributed by atoms with Crippen molar-refractivity contribution in [3.05, 3.63) is 22.4 Å². The number of pyridine rings is 1. The molecule has 0 radical (unpaired) electrons. The van der Waals surface area contributed by atoms with Gasteiger partial charge < -0.3 is 14.4 Å². The van der Waals surface area contributed by atoms with Crippen molar-refractivity contribution in [2.24, 2.45) is 0 Å². The molecule has 0 atom stereocenters. The van der Waals surface area contributed by atoms with E-state index in [0.29, 0.717) is 24.4 Å². The van der Waals surface area contributed by atoms with Gasteiger partial charge in [0.25, 0.3) is 0 Å². The zero-order chi connectivity index (χ0) is 17.8. The summed E-state index contributed by atoms with van der Waals surface area (Å²) in [6.45, 7) is 8.92. The zero-order valence-corrected chi connectivity index (χ0v) is 17.3. The maximum atomic E-state index is 6.40. The molecule has 0 bridgehead atoms. The van der Waals surface area contributed by atoms with Crippen LogP contribution in [0.2, 0.25) is 0 Å². The van der Waals surface area contributed by atoms with Crippen LogP contribution >= 0.6 is 15.9 Å². The standard InChI is InChI=1S/C20H31BrN2O2/c1-14(2)23-12-10-18(11-13-23)24-16-4-6-17(7-5-16)25-19-8-9-20(21)22-15(19)3/h8-9,14,16-18H,4-7,10-13H2,1-3H3. The van der Waals surface area contributed by atoms with Crippen molar-refractivity contribution in [3.8, 4) is 5.75 Å². The normalized spacial score (nSPS) is 26.1. The molecule has 2 aliphatic rings. The van der Waals surface area contributed by atoms with Gasteiger partial charge in [-0.3, -0.25) is 0 Å². The van der Waals surface area contributed by atoms with Gasteiger partial charge in [0, 0.05) is 19.1 Å². The largest absolute Gasteiger partial charge is 0.489 e. The van der Waals surface area contributed by atoms with Gasteiger partial charge in [0.2, 0.25) is 0 Å². The third-order valence-corrected chi connectivity index (χ3v) is 5.95. The number of rotatable bonds is 5. The van der Waals surface area contributed by atoms with Crippen LogP contribution in [0, 0.1) is 6.92 Å². The Morgan fingerprint density at radius 3 is 2.20 bits per heavy atom. The topological polar surface area (TPSA) is 34.6 Å². The Morgan fingerprint density at radius 2 is 1.60 bits per heavy atom. The molecule has 140 valence electrons. The van der Waals surface area contributed by atoms with Crippen LogP contribution in [0.15, 0.2) is 16.7 Å². The predicted molar refractivity (Wildman–Crippen MR) is 104 cm³/mol. The van der Waals surface area contributed by atoms with E-state index in [1.54, 1.807) is 0 Å². The van der Waals surface area contributed by atoms with Crippen LogP contribution < -0.4 is 4.74 Å². The third kappa shape index (κ3) is 5.41. The van der Waals surface area contributed by atoms with Gasteiger partial charge in [-0.05, 0) is 87.4 Å². The molecule has 1 aromatic rings. The van der Waals surface area contributed by atoms with Crippen LogP contribution in [-0.4, -0.2) is 47.3 Å². The SMILES string of the molecule is Cc1nc(Br)ccc1OC1CCC(OC2CCN(C(C)C)CC2)CC1. The first-order valence-electron chi connectivity index (χ1n) is 9.70. The van der Waals surface area contributed by atoms with Gasteiger partial charge in [-0.2, -0.15) is 0 Å². The highest BCUT2D eigenvalue weighted by Gasteiger charge is 2.28. The summed E-state index contributed by atoms with van der Waals surface area (Å²) in [5.41, 5.74) is 0.949. The van der Waals surface area contributed by atoms with E-state index < -0.39 is 0 Å². The van der Waals surface area contributed by atoms with Crippen molar-refractivity contribution in [2.45, 2.75) is 83.6 Å². The minimum atomic E-state index is 0.296. The Kier molecular flexibility index (Phi) is 6.75. The summed E-state index contributed by atoms with van der Waals surface area (Å²) in [7, 11) is 0. The summed E-state index contributed by atoms with van der Waals surface area (Å²) < 4.78 is 13.4. The fourth-order valence-corrected chi connectivity index (χ4v) is 4.31. The molecular weight excluding hydrogens is 380 g/mol. The molecular formula is C20H31BrN2O2. The summed E-state index contributed by atoms with van der Waals surface area (Å²) >= 11 is 3.40. The molecule has 25 heavy (non-hydrogen) atoms. The number of aromatic nitrogens is 1. The summed E-state index contributed by atoms with van der Waals surface area (Å²) in [5, 5.41) is 0. The van der Waals surface area contributed by atoms with Gasteiger partial charge >= 0.3 is 0 Å². The van der Waals surface area contributed by atoms with Crippen LogP contribution in [0.1, 0.15) is 58.1 Å². The van der Waals surface area contributed by atoms with E-state index in [9.17, 15) is 0 Å². The highest BCUT2D eigenvalue weighted by atomic mass is 79.9. The Morgan fingerprint density at radius 1 is 1.00 bits per heavy atom. The van der Waals surface area contributed by atoms with Gasteiger partial charge in [-0.15, -0.1) is 0 Å². The first kappa shape index (κ1) is 19.1. The van der Waals surface area contributed by atoms with Gasteiger partial charge in [0.1, 0.15) is 10.4 Å². The zero-order valence-electron chi connectivity index (χ0n) is 15.7. The lowest BCUT2D eigenvalue weighted by molar-refractivity contribution is -0.0688. The first-order chi connectivity index (χ1) is 12.0. The number of aryl methyl sites for hydroxylation is 1. The van der Waals surface area contributed by atoms with Crippen molar-refractivity contribution in [1.29, 1.82) is 0 Å². The molecule has 2 fully saturated rings. The molecule has 1 aromatic heterocycles. The molecule has 0 amide bonds. The minimum absolute atomic E-state index is 0.296. The van der Waals surface area contributed by atoms with E-state index in [2.05, 4.69) is 39.7 Å². The molecule has 0 spiro atoms. The van der Waals surface area contributed by atoms with Crippen LogP contribution in [0.3, 0.4) is 0 Å². The number of piperidine rings is 1. The molecule has 3 rings (SSSR count). The van der Waals surface area contributed by atoms with Gasteiger partial charge in [-0.1, -0.05) is 0 Å². The average molecular weight is 411 g/mol. The Bertz CT molecular complexity index is 551. The number of ether oxygens (including phenoxy) is 2. The Balaban J connectivity index is 1.40. The maximum Gasteiger partial charge on any atom is 0.140 e. The number of halogens is 1. The Labute approximate surface area is 160 Å². The number of hydrogen-bond donors (Lipinski definition) is 0. The smallest absolute Gasteiger partial charge is 0.140 e. The predicted octanol–water partition coefficient (Wildman–Crippen LogP) is 4.73. The molecule has 0 unspecified atom stereocenters. The van der Waals surface area contributed by atoms with E-state index in [4.69, 9.17) is 9.47 Å². The fourth-order valence-electron chi connectivity index (χ4n) is 3.91. The van der Waals surface area contributed by atoms with E-state index in [-0.39, 0.29) is 0 Å². The lowest BCUT2D eigenvalue weighted by Gasteiger charge is -2.37. The molecule has 1 saturated heterocycles. The van der Waals surface area contributed by atoms with Crippen LogP contribution in [0.5, 0.6) is 5.75 Å². The number of hydrogen-bond acceptors (Lipinski definition) is 4. The van der Waals surface area contributed by atoms with Gasteiger partial charge in [0.15, 0.2) is 0 Å². The molecule has 1 saturated carbocycles. The minimum Gasteiger partial charge on any atom is -0.489 e. The molecule has 1 aliphatic carbocycles. The van der Waals surface area contributed by atoms with Crippen LogP contribution in [0.4, 0.5) is 0 Å². The van der Waals surface area contributed by atoms with Gasteiger partial charge in [0.05, 0.1) is 24.0 Å². The fraction of sp³-hybridized carbons (Fsp3) is 0.750. The van der Waals surface area contributed by atoms with Crippen molar-refractivity contribution in [2.75, 3.05) is 13.1 Å². The van der Waals surface area contributed by atoms with Crippen molar-refractivity contribution in [3.63, 3.8) is 0 Å². The molecule has 1 aliphatic heterocycles. The molecule has 5 heteroatoms. The van der Waals surface area contributed by atoms with E-state index >= 15 is 0 Å². The summed E-state index contributed by atoms with van der Waals surface area (Å²) in [5.74, 6) is 0.911. The number of likely N-dealkylation sites (tertiary alicyclic amines) is 1. The average Bonchev–Trinajstić information content (AvgIpc) is 2.59. The summed E-state index contributed by atoms with van der Waals surface area (Å²) in [4.78, 5) is 6.97. The molecule has 0 N–H and O–H groups in total. The third-order valence-electron chi connectivity index (χ3n) is 5.51. The van der Waals surface area contributed by atoms with Crippen molar-refractivity contribution < 1.29 is 9.47 Å². The van der Waals surface area contributed by atoms with E-state index in [1.807, 2.05) is 19.1 Å². The highest BCUT2D eigenvalue weighted by molar-refractivity contribution is 9.10. The first-order valence-corrected chi connectivity index (χ1v) is 10.5. The van der Waals surface area contributed by atoms with Crippen LogP contribution in [0.25, 0.3) is 0 Å². The van der Waals surface area contributed by atoms with Crippen molar-refractivity contribution >= 4 is 15.9 Å². The van der Waals surface area contributed by atoms with Crippen molar-refractivity contribution in [1.82, 2.24) is 9.88 Å². The second-order valence-corrected chi connectivity index (χ2v) is 8.51. The molecule has 2 heterocycles. The second kappa shape index (κ2) is 8.83. The number of nitrogens with zero attached hydrogens (tertiary/aromatic N) is 2. The highest BCUT2D eigenvalue weighted by Crippen LogP contribution is 2.29. The molecule has 0 aromatic carbocycles. The molecule has 4 nitrogen and oxygen atoms in total. The second-order valence-electron chi connectivity index (χ2n) is 7.70. The monoisotopic (exact) mass is 410 g/mol. The van der Waals surface area contributed by atoms with Crippen LogP contribution in [-0.2, 0) is 4.74 Å². The van der Waals surface area contributed by atoms with E-state index in [1.165, 1.54) is 25.9 Å². The lowest BCUT2D eigenvalue weighted by atomic mass is 9.94. The quantitative estimate of drug-likeness (QED) is 0.656. The van der Waals surface area contributed by atoms with E-state index in [0.717, 1.165) is 41.7 Å². The summed E-state index contributed by atoms with van der Waals surface area (Å²) in [6, 6.07) is 4.61. The van der Waals surface area contributed by atoms with Gasteiger partial charge in [-0.25, -0.2) is 4.98 Å². The summed E-state index contributed by atoms with van der Waals surface area (Å²) in [6.07, 6.45) is 7.89.